The number of carbonyl (C=O) groups excluding carboxylic acids is 1. The van der Waals surface area contributed by atoms with Crippen LogP contribution in [0.4, 0.5) is 0 Å². The molecule has 0 bridgehead atoms. The fraction of sp³-hybridized carbons (Fsp3) is 0.450. The lowest BCUT2D eigenvalue weighted by atomic mass is 10.1. The Kier molecular flexibility index (Phi) is 5.72. The first-order valence-electron chi connectivity index (χ1n) is 8.97. The number of nitrogens with zero attached hydrogens (tertiary/aromatic N) is 2. The van der Waals surface area contributed by atoms with Crippen LogP contribution < -0.4 is 10.9 Å². The van der Waals surface area contributed by atoms with Crippen molar-refractivity contribution in [3.05, 3.63) is 45.9 Å². The van der Waals surface area contributed by atoms with Gasteiger partial charge >= 0.3 is 0 Å². The lowest BCUT2D eigenvalue weighted by Crippen LogP contribution is -2.41. The summed E-state index contributed by atoms with van der Waals surface area (Å²) >= 11 is 2.89. The van der Waals surface area contributed by atoms with E-state index in [1.54, 1.807) is 16.3 Å². The Balaban J connectivity index is 1.98. The first-order chi connectivity index (χ1) is 12.6. The van der Waals surface area contributed by atoms with Crippen molar-refractivity contribution >= 4 is 29.4 Å². The van der Waals surface area contributed by atoms with Gasteiger partial charge in [0.1, 0.15) is 0 Å². The van der Waals surface area contributed by atoms with Crippen molar-refractivity contribution in [2.75, 3.05) is 5.75 Å². The highest BCUT2D eigenvalue weighted by Gasteiger charge is 2.27. The van der Waals surface area contributed by atoms with E-state index in [9.17, 15) is 9.59 Å². The van der Waals surface area contributed by atoms with Crippen molar-refractivity contribution in [3.8, 4) is 5.69 Å². The summed E-state index contributed by atoms with van der Waals surface area (Å²) in [6.45, 7) is 9.96. The Bertz CT molecular complexity index is 915. The second-order valence-corrected chi connectivity index (χ2v) is 10.3. The highest BCUT2D eigenvalue weighted by molar-refractivity contribution is 8.00. The SMILES string of the molecule is Cc1ccc(-n2c(SCC(=O)NC(C)(C)C)nc3c(c2=O)SC(C)C3)cc1. The van der Waals surface area contributed by atoms with Crippen molar-refractivity contribution in [1.29, 1.82) is 0 Å². The number of aryl methyl sites for hydroxylation is 1. The van der Waals surface area contributed by atoms with Crippen LogP contribution in [0.3, 0.4) is 0 Å². The van der Waals surface area contributed by atoms with Crippen LogP contribution in [0.15, 0.2) is 39.1 Å². The van der Waals surface area contributed by atoms with Crippen LogP contribution in [0.2, 0.25) is 0 Å². The Morgan fingerprint density at radius 1 is 1.33 bits per heavy atom. The van der Waals surface area contributed by atoms with Gasteiger partial charge in [0.15, 0.2) is 5.16 Å². The summed E-state index contributed by atoms with van der Waals surface area (Å²) in [5.74, 6) is 0.150. The summed E-state index contributed by atoms with van der Waals surface area (Å²) in [5.41, 5.74) is 2.42. The normalized spacial score (nSPS) is 16.3. The zero-order chi connectivity index (χ0) is 19.8. The van der Waals surface area contributed by atoms with Gasteiger partial charge in [-0.25, -0.2) is 4.98 Å². The van der Waals surface area contributed by atoms with Gasteiger partial charge in [-0.2, -0.15) is 0 Å². The fourth-order valence-corrected chi connectivity index (χ4v) is 4.83. The molecule has 1 amide bonds. The van der Waals surface area contributed by atoms with Crippen LogP contribution >= 0.6 is 23.5 Å². The molecule has 27 heavy (non-hydrogen) atoms. The van der Waals surface area contributed by atoms with Gasteiger partial charge < -0.3 is 5.32 Å². The third-order valence-corrected chi connectivity index (χ3v) is 6.17. The van der Waals surface area contributed by atoms with E-state index in [1.165, 1.54) is 11.8 Å². The lowest BCUT2D eigenvalue weighted by Gasteiger charge is -2.20. The summed E-state index contributed by atoms with van der Waals surface area (Å²) in [6.07, 6.45) is 0.783. The quantitative estimate of drug-likeness (QED) is 0.624. The molecule has 1 atom stereocenters. The smallest absolute Gasteiger partial charge is 0.272 e. The van der Waals surface area contributed by atoms with Gasteiger partial charge in [-0.1, -0.05) is 36.4 Å². The third-order valence-electron chi connectivity index (χ3n) is 4.02. The van der Waals surface area contributed by atoms with Crippen LogP contribution in [-0.4, -0.2) is 32.0 Å². The minimum Gasteiger partial charge on any atom is -0.351 e. The second kappa shape index (κ2) is 7.72. The van der Waals surface area contributed by atoms with Gasteiger partial charge in [0.25, 0.3) is 5.56 Å². The van der Waals surface area contributed by atoms with Crippen LogP contribution in [0.25, 0.3) is 5.69 Å². The molecule has 1 aliphatic heterocycles. The molecule has 2 aromatic rings. The van der Waals surface area contributed by atoms with Crippen molar-refractivity contribution < 1.29 is 4.79 Å². The van der Waals surface area contributed by atoms with Gasteiger partial charge in [0.05, 0.1) is 22.0 Å². The van der Waals surface area contributed by atoms with E-state index < -0.39 is 0 Å². The summed E-state index contributed by atoms with van der Waals surface area (Å²) in [4.78, 5) is 30.9. The average Bonchev–Trinajstić information content (AvgIpc) is 2.93. The summed E-state index contributed by atoms with van der Waals surface area (Å²) in [5, 5.41) is 3.87. The van der Waals surface area contributed by atoms with Crippen LogP contribution in [-0.2, 0) is 11.2 Å². The largest absolute Gasteiger partial charge is 0.351 e. The third kappa shape index (κ3) is 4.76. The number of rotatable bonds is 4. The number of nitrogens with one attached hydrogen (secondary N) is 1. The van der Waals surface area contributed by atoms with Gasteiger partial charge in [-0.15, -0.1) is 11.8 Å². The molecular formula is C20H25N3O2S2. The molecule has 144 valence electrons. The molecule has 1 unspecified atom stereocenters. The molecule has 0 fully saturated rings. The maximum atomic E-state index is 13.2. The van der Waals surface area contributed by atoms with Crippen LogP contribution in [0, 0.1) is 6.92 Å². The molecule has 3 rings (SSSR count). The Morgan fingerprint density at radius 3 is 2.63 bits per heavy atom. The maximum absolute atomic E-state index is 13.2. The zero-order valence-corrected chi connectivity index (χ0v) is 18.0. The minimum atomic E-state index is -0.286. The van der Waals surface area contributed by atoms with E-state index in [0.29, 0.717) is 10.4 Å². The van der Waals surface area contributed by atoms with Crippen LogP contribution in [0.1, 0.15) is 39.0 Å². The van der Waals surface area contributed by atoms with Gasteiger partial charge in [0.2, 0.25) is 5.91 Å². The predicted octanol–water partition coefficient (Wildman–Crippen LogP) is 3.58. The highest BCUT2D eigenvalue weighted by atomic mass is 32.2. The summed E-state index contributed by atoms with van der Waals surface area (Å²) < 4.78 is 1.64. The number of hydrogen-bond acceptors (Lipinski definition) is 5. The molecule has 0 saturated heterocycles. The molecule has 0 aliphatic carbocycles. The molecule has 1 N–H and O–H groups in total. The van der Waals surface area contributed by atoms with Crippen molar-refractivity contribution in [1.82, 2.24) is 14.9 Å². The van der Waals surface area contributed by atoms with Gasteiger partial charge in [0, 0.05) is 17.2 Å². The number of aromatic nitrogens is 2. The van der Waals surface area contributed by atoms with Crippen molar-refractivity contribution in [3.63, 3.8) is 0 Å². The second-order valence-electron chi connectivity index (χ2n) is 7.87. The lowest BCUT2D eigenvalue weighted by molar-refractivity contribution is -0.119. The molecule has 1 aromatic carbocycles. The van der Waals surface area contributed by atoms with Gasteiger partial charge in [-0.05, 0) is 39.8 Å². The molecule has 1 aliphatic rings. The van der Waals surface area contributed by atoms with E-state index in [0.717, 1.165) is 28.3 Å². The number of amides is 1. The highest BCUT2D eigenvalue weighted by Crippen LogP contribution is 2.34. The number of carbonyl (C=O) groups is 1. The number of thioether (sulfide) groups is 2. The minimum absolute atomic E-state index is 0.0445. The monoisotopic (exact) mass is 403 g/mol. The fourth-order valence-electron chi connectivity index (χ4n) is 2.90. The van der Waals surface area contributed by atoms with E-state index in [-0.39, 0.29) is 22.8 Å². The molecule has 7 heteroatoms. The Hall–Kier alpha value is -1.73. The van der Waals surface area contributed by atoms with E-state index in [1.807, 2.05) is 52.0 Å². The van der Waals surface area contributed by atoms with E-state index in [4.69, 9.17) is 4.98 Å². The van der Waals surface area contributed by atoms with Crippen LogP contribution in [0.5, 0.6) is 0 Å². The topological polar surface area (TPSA) is 64.0 Å². The Labute approximate surface area is 168 Å². The molecule has 5 nitrogen and oxygen atoms in total. The predicted molar refractivity (Wildman–Crippen MR) is 112 cm³/mol. The molecule has 2 heterocycles. The van der Waals surface area contributed by atoms with Gasteiger partial charge in [-0.3, -0.25) is 14.2 Å². The number of hydrogen-bond donors (Lipinski definition) is 1. The summed E-state index contributed by atoms with van der Waals surface area (Å²) in [7, 11) is 0. The molecule has 0 saturated carbocycles. The van der Waals surface area contributed by atoms with E-state index in [2.05, 4.69) is 12.2 Å². The molecule has 1 aromatic heterocycles. The average molecular weight is 404 g/mol. The number of benzene rings is 1. The maximum Gasteiger partial charge on any atom is 0.272 e. The van der Waals surface area contributed by atoms with Crippen molar-refractivity contribution in [2.45, 2.75) is 61.9 Å². The first kappa shape index (κ1) is 20.0. The van der Waals surface area contributed by atoms with Crippen molar-refractivity contribution in [2.24, 2.45) is 0 Å². The molecule has 0 spiro atoms. The Morgan fingerprint density at radius 2 is 2.00 bits per heavy atom. The van der Waals surface area contributed by atoms with E-state index >= 15 is 0 Å². The number of fused-ring (bicyclic) bond motifs is 1. The first-order valence-corrected chi connectivity index (χ1v) is 10.8. The standard InChI is InChI=1S/C20H25N3O2S2/c1-12-6-8-14(9-7-12)23-18(25)17-15(10-13(2)27-17)21-19(23)26-11-16(24)22-20(3,4)5/h6-9,13H,10-11H2,1-5H3,(H,22,24). The molecular weight excluding hydrogens is 378 g/mol. The summed E-state index contributed by atoms with van der Waals surface area (Å²) in [6, 6.07) is 7.80. The molecule has 0 radical (unpaired) electrons. The zero-order valence-electron chi connectivity index (χ0n) is 16.3.